The SMILES string of the molecule is C=CC1=CC(C)C(C)C=C1N=C. The van der Waals surface area contributed by atoms with Crippen LogP contribution in [0.1, 0.15) is 13.8 Å². The highest BCUT2D eigenvalue weighted by molar-refractivity contribution is 5.46. The van der Waals surface area contributed by atoms with Crippen molar-refractivity contribution in [1.29, 1.82) is 0 Å². The van der Waals surface area contributed by atoms with Gasteiger partial charge in [-0.1, -0.05) is 38.7 Å². The molecular weight excluding hydrogens is 146 g/mol. The Hall–Kier alpha value is -1.11. The van der Waals surface area contributed by atoms with E-state index in [1.807, 2.05) is 6.08 Å². The van der Waals surface area contributed by atoms with E-state index < -0.39 is 0 Å². The molecule has 0 aromatic carbocycles. The van der Waals surface area contributed by atoms with Crippen molar-refractivity contribution in [3.8, 4) is 0 Å². The Morgan fingerprint density at radius 2 is 1.92 bits per heavy atom. The van der Waals surface area contributed by atoms with E-state index in [0.717, 1.165) is 11.3 Å². The largest absolute Gasteiger partial charge is 0.264 e. The van der Waals surface area contributed by atoms with E-state index in [1.54, 1.807) is 0 Å². The van der Waals surface area contributed by atoms with Gasteiger partial charge in [0.15, 0.2) is 0 Å². The Balaban J connectivity index is 2.99. The summed E-state index contributed by atoms with van der Waals surface area (Å²) >= 11 is 0. The summed E-state index contributed by atoms with van der Waals surface area (Å²) in [5, 5.41) is 0. The summed E-state index contributed by atoms with van der Waals surface area (Å²) in [6.45, 7) is 11.7. The predicted molar refractivity (Wildman–Crippen MR) is 54.2 cm³/mol. The number of nitrogens with zero attached hydrogens (tertiary/aromatic N) is 1. The van der Waals surface area contributed by atoms with Crippen molar-refractivity contribution in [1.82, 2.24) is 0 Å². The number of hydrogen-bond acceptors (Lipinski definition) is 1. The van der Waals surface area contributed by atoms with E-state index in [2.05, 4.69) is 44.3 Å². The summed E-state index contributed by atoms with van der Waals surface area (Å²) in [7, 11) is 0. The predicted octanol–water partition coefficient (Wildman–Crippen LogP) is 2.97. The summed E-state index contributed by atoms with van der Waals surface area (Å²) in [6.07, 6.45) is 6.18. The second kappa shape index (κ2) is 3.53. The highest BCUT2D eigenvalue weighted by Gasteiger charge is 2.15. The molecule has 0 aromatic heterocycles. The van der Waals surface area contributed by atoms with Crippen LogP contribution in [-0.4, -0.2) is 6.72 Å². The van der Waals surface area contributed by atoms with Crippen LogP contribution in [0.4, 0.5) is 0 Å². The van der Waals surface area contributed by atoms with E-state index in [-0.39, 0.29) is 0 Å². The Bertz CT molecular complexity index is 230. The standard InChI is InChI=1S/C11H15N/c1-5-10-6-8(2)9(3)7-11(10)12-4/h5-9H,1,4H2,2-3H3. The first-order valence-corrected chi connectivity index (χ1v) is 4.22. The van der Waals surface area contributed by atoms with Gasteiger partial charge in [-0.25, -0.2) is 0 Å². The summed E-state index contributed by atoms with van der Waals surface area (Å²) in [6, 6.07) is 0. The first-order valence-electron chi connectivity index (χ1n) is 4.22. The molecule has 2 atom stereocenters. The lowest BCUT2D eigenvalue weighted by molar-refractivity contribution is 0.545. The fraction of sp³-hybridized carbons (Fsp3) is 0.364. The third kappa shape index (κ3) is 1.55. The van der Waals surface area contributed by atoms with Gasteiger partial charge in [0, 0.05) is 0 Å². The monoisotopic (exact) mass is 161 g/mol. The van der Waals surface area contributed by atoms with E-state index in [4.69, 9.17) is 0 Å². The van der Waals surface area contributed by atoms with E-state index in [0.29, 0.717) is 11.8 Å². The van der Waals surface area contributed by atoms with Gasteiger partial charge in [-0.2, -0.15) is 0 Å². The summed E-state index contributed by atoms with van der Waals surface area (Å²) < 4.78 is 0. The van der Waals surface area contributed by atoms with Crippen LogP contribution in [0.25, 0.3) is 0 Å². The van der Waals surface area contributed by atoms with Crippen LogP contribution in [-0.2, 0) is 0 Å². The highest BCUT2D eigenvalue weighted by Crippen LogP contribution is 2.27. The van der Waals surface area contributed by atoms with Crippen molar-refractivity contribution >= 4 is 6.72 Å². The molecule has 0 bridgehead atoms. The van der Waals surface area contributed by atoms with Crippen molar-refractivity contribution in [3.63, 3.8) is 0 Å². The Morgan fingerprint density at radius 3 is 2.42 bits per heavy atom. The van der Waals surface area contributed by atoms with Crippen LogP contribution in [0.5, 0.6) is 0 Å². The van der Waals surface area contributed by atoms with Gasteiger partial charge in [-0.3, -0.25) is 4.99 Å². The maximum absolute atomic E-state index is 3.96. The zero-order valence-electron chi connectivity index (χ0n) is 7.75. The average Bonchev–Trinajstić information content (AvgIpc) is 2.09. The van der Waals surface area contributed by atoms with Gasteiger partial charge in [0.25, 0.3) is 0 Å². The topological polar surface area (TPSA) is 12.4 Å². The lowest BCUT2D eigenvalue weighted by atomic mass is 9.87. The molecule has 0 aliphatic heterocycles. The number of hydrogen-bond donors (Lipinski definition) is 0. The number of allylic oxidation sites excluding steroid dienone is 3. The molecule has 0 saturated carbocycles. The van der Waals surface area contributed by atoms with Crippen molar-refractivity contribution in [2.45, 2.75) is 13.8 Å². The Kier molecular flexibility index (Phi) is 2.64. The quantitative estimate of drug-likeness (QED) is 0.552. The van der Waals surface area contributed by atoms with Crippen LogP contribution in [0.3, 0.4) is 0 Å². The molecule has 1 aliphatic carbocycles. The molecule has 0 amide bonds. The molecule has 1 aliphatic rings. The van der Waals surface area contributed by atoms with Gasteiger partial charge >= 0.3 is 0 Å². The van der Waals surface area contributed by atoms with Crippen LogP contribution in [0, 0.1) is 11.8 Å². The fourth-order valence-corrected chi connectivity index (χ4v) is 1.33. The highest BCUT2D eigenvalue weighted by atomic mass is 14.7. The summed E-state index contributed by atoms with van der Waals surface area (Å²) in [5.74, 6) is 1.12. The van der Waals surface area contributed by atoms with Gasteiger partial charge in [0.1, 0.15) is 0 Å². The van der Waals surface area contributed by atoms with Crippen molar-refractivity contribution < 1.29 is 0 Å². The van der Waals surface area contributed by atoms with Crippen molar-refractivity contribution in [3.05, 3.63) is 36.1 Å². The maximum Gasteiger partial charge on any atom is 0.0654 e. The van der Waals surface area contributed by atoms with Gasteiger partial charge in [-0.05, 0) is 24.1 Å². The summed E-state index contributed by atoms with van der Waals surface area (Å²) in [5.41, 5.74) is 2.08. The van der Waals surface area contributed by atoms with Crippen LogP contribution in [0.2, 0.25) is 0 Å². The zero-order valence-corrected chi connectivity index (χ0v) is 7.75. The molecule has 0 radical (unpaired) electrons. The fourth-order valence-electron chi connectivity index (χ4n) is 1.33. The number of rotatable bonds is 2. The molecule has 0 N–H and O–H groups in total. The average molecular weight is 161 g/mol. The smallest absolute Gasteiger partial charge is 0.0654 e. The molecule has 2 unspecified atom stereocenters. The normalized spacial score (nSPS) is 28.8. The van der Waals surface area contributed by atoms with Gasteiger partial charge in [0.05, 0.1) is 5.70 Å². The molecular formula is C11H15N. The first-order chi connectivity index (χ1) is 5.69. The van der Waals surface area contributed by atoms with Crippen LogP contribution >= 0.6 is 0 Å². The molecule has 0 aromatic rings. The van der Waals surface area contributed by atoms with Gasteiger partial charge < -0.3 is 0 Å². The van der Waals surface area contributed by atoms with Gasteiger partial charge in [0.2, 0.25) is 0 Å². The lowest BCUT2D eigenvalue weighted by Crippen LogP contribution is -2.08. The maximum atomic E-state index is 3.96. The molecule has 1 heteroatoms. The molecule has 0 heterocycles. The second-order valence-corrected chi connectivity index (χ2v) is 3.25. The lowest BCUT2D eigenvalue weighted by Gasteiger charge is -2.20. The van der Waals surface area contributed by atoms with Crippen molar-refractivity contribution in [2.75, 3.05) is 0 Å². The third-order valence-corrected chi connectivity index (χ3v) is 2.38. The van der Waals surface area contributed by atoms with Crippen molar-refractivity contribution in [2.24, 2.45) is 16.8 Å². The Labute approximate surface area is 74.2 Å². The first kappa shape index (κ1) is 8.98. The zero-order chi connectivity index (χ0) is 9.14. The van der Waals surface area contributed by atoms with Crippen LogP contribution in [0.15, 0.2) is 41.1 Å². The third-order valence-electron chi connectivity index (χ3n) is 2.38. The molecule has 0 fully saturated rings. The molecule has 1 nitrogen and oxygen atoms in total. The minimum atomic E-state index is 0.550. The molecule has 0 saturated heterocycles. The molecule has 0 spiro atoms. The van der Waals surface area contributed by atoms with Gasteiger partial charge in [-0.15, -0.1) is 0 Å². The minimum absolute atomic E-state index is 0.550. The number of aliphatic imine (C=N–C) groups is 1. The van der Waals surface area contributed by atoms with E-state index in [9.17, 15) is 0 Å². The van der Waals surface area contributed by atoms with E-state index in [1.165, 1.54) is 0 Å². The molecule has 1 rings (SSSR count). The molecule has 64 valence electrons. The Morgan fingerprint density at radius 1 is 1.33 bits per heavy atom. The van der Waals surface area contributed by atoms with Crippen LogP contribution < -0.4 is 0 Å². The minimum Gasteiger partial charge on any atom is -0.264 e. The molecule has 12 heavy (non-hydrogen) atoms. The van der Waals surface area contributed by atoms with E-state index >= 15 is 0 Å². The second-order valence-electron chi connectivity index (χ2n) is 3.25. The summed E-state index contributed by atoms with van der Waals surface area (Å²) in [4.78, 5) is 3.96.